The number of ether oxygens (including phenoxy) is 1. The topological polar surface area (TPSA) is 131 Å². The molecule has 0 aromatic carbocycles. The highest BCUT2D eigenvalue weighted by atomic mass is 31.2. The van der Waals surface area contributed by atoms with Gasteiger partial charge in [-0.2, -0.15) is 0 Å². The molecule has 0 saturated heterocycles. The van der Waals surface area contributed by atoms with Gasteiger partial charge < -0.3 is 20.1 Å². The summed E-state index contributed by atoms with van der Waals surface area (Å²) in [5.41, 5.74) is 0. The third kappa shape index (κ3) is 37.2. The molecule has 0 aromatic rings. The van der Waals surface area contributed by atoms with Crippen molar-refractivity contribution in [2.45, 2.75) is 168 Å². The lowest BCUT2D eigenvalue weighted by Gasteiger charge is -2.15. The summed E-state index contributed by atoms with van der Waals surface area (Å²) in [5.74, 6) is -0.544. The Kier molecular flexibility index (Phi) is 35.3. The molecule has 0 aromatic heterocycles. The average Bonchev–Trinajstić information content (AvgIpc) is 3.10. The maximum absolute atomic E-state index is 12.0. The van der Waals surface area contributed by atoms with E-state index in [0.717, 1.165) is 89.9 Å². The van der Waals surface area contributed by atoms with Crippen LogP contribution in [0.3, 0.4) is 0 Å². The first-order valence-corrected chi connectivity index (χ1v) is 21.1. The molecule has 0 radical (unpaired) electrons. The number of rotatable bonds is 36. The van der Waals surface area contributed by atoms with Crippen LogP contribution in [0.25, 0.3) is 0 Å². The number of hydrogen-bond acceptors (Lipinski definition) is 7. The number of carbonyl (C=O) groups is 2. The fourth-order valence-corrected chi connectivity index (χ4v) is 5.73. The molecule has 9 nitrogen and oxygen atoms in total. The summed E-state index contributed by atoms with van der Waals surface area (Å²) in [6, 6.07) is 0. The normalized spacial score (nSPS) is 13.9. The predicted octanol–water partition coefficient (Wildman–Crippen LogP) is 10.4. The van der Waals surface area contributed by atoms with E-state index >= 15 is 0 Å². The van der Waals surface area contributed by atoms with E-state index in [4.69, 9.17) is 13.8 Å². The summed E-state index contributed by atoms with van der Waals surface area (Å²) < 4.78 is 26.7. The Balaban J connectivity index is 3.65. The molecular weight excluding hydrogens is 653 g/mol. The molecule has 3 N–H and O–H groups in total. The second kappa shape index (κ2) is 36.8. The Morgan fingerprint density at radius 1 is 0.620 bits per heavy atom. The Bertz CT molecular complexity index is 965. The van der Waals surface area contributed by atoms with Crippen molar-refractivity contribution < 1.29 is 37.9 Å². The quantitative estimate of drug-likeness (QED) is 0.0252. The van der Waals surface area contributed by atoms with Crippen LogP contribution in [-0.4, -0.2) is 54.3 Å². The first kappa shape index (κ1) is 48.0. The van der Waals surface area contributed by atoms with Gasteiger partial charge in [-0.05, 0) is 70.6 Å². The van der Waals surface area contributed by atoms with Crippen molar-refractivity contribution in [3.63, 3.8) is 0 Å². The SMILES string of the molecule is CCC/C=C\CCCCCCCC(=O)OCC(O)COP(=O)(O)OCCNC(=O)CCCCCCCC/C=C\C/C=C\C/C=C\CCCCC. The van der Waals surface area contributed by atoms with Gasteiger partial charge in [0, 0.05) is 19.4 Å². The minimum Gasteiger partial charge on any atom is -0.463 e. The van der Waals surface area contributed by atoms with Crippen molar-refractivity contribution in [3.8, 4) is 0 Å². The first-order valence-electron chi connectivity index (χ1n) is 19.6. The van der Waals surface area contributed by atoms with Crippen molar-refractivity contribution >= 4 is 19.7 Å². The molecule has 10 heteroatoms. The smallest absolute Gasteiger partial charge is 0.463 e. The summed E-state index contributed by atoms with van der Waals surface area (Å²) in [6.07, 6.45) is 40.4. The molecule has 1 amide bonds. The van der Waals surface area contributed by atoms with Crippen LogP contribution < -0.4 is 5.32 Å². The van der Waals surface area contributed by atoms with E-state index in [1.807, 2.05) is 0 Å². The molecule has 0 fully saturated rings. The highest BCUT2D eigenvalue weighted by Gasteiger charge is 2.23. The number of esters is 1. The van der Waals surface area contributed by atoms with Gasteiger partial charge in [-0.1, -0.05) is 127 Å². The van der Waals surface area contributed by atoms with Gasteiger partial charge in [-0.25, -0.2) is 4.57 Å². The molecule has 0 rings (SSSR count). The van der Waals surface area contributed by atoms with Crippen LogP contribution in [0.5, 0.6) is 0 Å². The van der Waals surface area contributed by atoms with Gasteiger partial charge in [0.1, 0.15) is 12.7 Å². The van der Waals surface area contributed by atoms with E-state index in [-0.39, 0.29) is 32.1 Å². The lowest BCUT2D eigenvalue weighted by molar-refractivity contribution is -0.147. The average molecular weight is 726 g/mol. The van der Waals surface area contributed by atoms with Crippen molar-refractivity contribution in [1.29, 1.82) is 0 Å². The zero-order valence-corrected chi connectivity index (χ0v) is 32.5. The van der Waals surface area contributed by atoms with Crippen LogP contribution in [0, 0.1) is 0 Å². The van der Waals surface area contributed by atoms with Gasteiger partial charge in [-0.3, -0.25) is 18.6 Å². The molecule has 0 aliphatic carbocycles. The highest BCUT2D eigenvalue weighted by Crippen LogP contribution is 2.42. The number of amides is 1. The number of allylic oxidation sites excluding steroid dienone is 8. The molecule has 0 bridgehead atoms. The fraction of sp³-hybridized carbons (Fsp3) is 0.750. The Labute approximate surface area is 305 Å². The summed E-state index contributed by atoms with van der Waals surface area (Å²) in [4.78, 5) is 33.7. The largest absolute Gasteiger partial charge is 0.472 e. The van der Waals surface area contributed by atoms with Gasteiger partial charge in [0.05, 0.1) is 13.2 Å². The number of carbonyl (C=O) groups excluding carboxylic acids is 2. The molecule has 0 aliphatic rings. The molecule has 2 atom stereocenters. The number of unbranched alkanes of at least 4 members (excludes halogenated alkanes) is 15. The number of phosphoric acid groups is 1. The molecule has 0 aliphatic heterocycles. The van der Waals surface area contributed by atoms with Crippen LogP contribution >= 0.6 is 7.82 Å². The summed E-state index contributed by atoms with van der Waals surface area (Å²) in [7, 11) is -4.42. The van der Waals surface area contributed by atoms with Gasteiger partial charge >= 0.3 is 13.8 Å². The van der Waals surface area contributed by atoms with Crippen LogP contribution in [0.1, 0.15) is 162 Å². The monoisotopic (exact) mass is 725 g/mol. The van der Waals surface area contributed by atoms with Crippen molar-refractivity contribution in [3.05, 3.63) is 48.6 Å². The molecule has 290 valence electrons. The maximum Gasteiger partial charge on any atom is 0.472 e. The zero-order valence-electron chi connectivity index (χ0n) is 31.6. The Morgan fingerprint density at radius 2 is 1.12 bits per heavy atom. The Hall–Kier alpha value is -2.03. The van der Waals surface area contributed by atoms with Gasteiger partial charge in [0.25, 0.3) is 0 Å². The van der Waals surface area contributed by atoms with E-state index in [9.17, 15) is 24.2 Å². The molecule has 0 heterocycles. The molecule has 0 spiro atoms. The van der Waals surface area contributed by atoms with Crippen molar-refractivity contribution in [1.82, 2.24) is 5.32 Å². The highest BCUT2D eigenvalue weighted by molar-refractivity contribution is 7.47. The number of aliphatic hydroxyl groups is 1. The van der Waals surface area contributed by atoms with Crippen LogP contribution in [0.2, 0.25) is 0 Å². The molecular formula is C40H72NO8P. The predicted molar refractivity (Wildman–Crippen MR) is 206 cm³/mol. The Morgan fingerprint density at radius 3 is 1.72 bits per heavy atom. The second-order valence-corrected chi connectivity index (χ2v) is 14.3. The van der Waals surface area contributed by atoms with E-state index in [1.165, 1.54) is 44.9 Å². The minimum absolute atomic E-state index is 0.0718. The summed E-state index contributed by atoms with van der Waals surface area (Å²) in [5, 5.41) is 12.6. The standard InChI is InChI=1S/C40H72NO8P/c1-3-5-7-9-11-13-15-16-17-18-19-20-21-22-23-24-26-28-30-32-39(43)41-34-35-48-50(45,46)49-37-38(42)36-47-40(44)33-31-29-27-25-14-12-10-8-6-4-2/h8,10-11,13,16-17,19-20,38,42H,3-7,9,12,14-15,18,21-37H2,1-2H3,(H,41,43)(H,45,46)/b10-8-,13-11-,17-16-,20-19-. The lowest BCUT2D eigenvalue weighted by atomic mass is 10.1. The zero-order chi connectivity index (χ0) is 36.8. The van der Waals surface area contributed by atoms with E-state index in [0.29, 0.717) is 6.42 Å². The van der Waals surface area contributed by atoms with E-state index in [2.05, 4.69) is 67.8 Å². The van der Waals surface area contributed by atoms with Gasteiger partial charge in [0.15, 0.2) is 0 Å². The molecule has 2 unspecified atom stereocenters. The van der Waals surface area contributed by atoms with E-state index < -0.39 is 26.5 Å². The summed E-state index contributed by atoms with van der Waals surface area (Å²) >= 11 is 0. The second-order valence-electron chi connectivity index (χ2n) is 12.9. The van der Waals surface area contributed by atoms with Crippen LogP contribution in [0.4, 0.5) is 0 Å². The number of nitrogens with one attached hydrogen (secondary N) is 1. The number of aliphatic hydroxyl groups excluding tert-OH is 1. The van der Waals surface area contributed by atoms with Gasteiger partial charge in [0.2, 0.25) is 5.91 Å². The van der Waals surface area contributed by atoms with Crippen LogP contribution in [-0.2, 0) is 27.9 Å². The van der Waals surface area contributed by atoms with E-state index in [1.54, 1.807) is 0 Å². The maximum atomic E-state index is 12.0. The molecule has 50 heavy (non-hydrogen) atoms. The lowest BCUT2D eigenvalue weighted by Crippen LogP contribution is -2.27. The fourth-order valence-electron chi connectivity index (χ4n) is 4.98. The number of phosphoric ester groups is 1. The summed E-state index contributed by atoms with van der Waals surface area (Å²) in [6.45, 7) is 3.41. The minimum atomic E-state index is -4.42. The molecule has 0 saturated carbocycles. The third-order valence-electron chi connectivity index (χ3n) is 7.96. The van der Waals surface area contributed by atoms with Crippen LogP contribution in [0.15, 0.2) is 48.6 Å². The van der Waals surface area contributed by atoms with Gasteiger partial charge in [-0.15, -0.1) is 0 Å². The van der Waals surface area contributed by atoms with Crippen molar-refractivity contribution in [2.24, 2.45) is 0 Å². The third-order valence-corrected chi connectivity index (χ3v) is 8.95. The first-order chi connectivity index (χ1) is 24.3. The van der Waals surface area contributed by atoms with Crippen molar-refractivity contribution in [2.75, 3.05) is 26.4 Å². The number of hydrogen-bond donors (Lipinski definition) is 3.